The van der Waals surface area contributed by atoms with Gasteiger partial charge in [-0.15, -0.1) is 0 Å². The first-order valence-electron chi connectivity index (χ1n) is 9.66. The summed E-state index contributed by atoms with van der Waals surface area (Å²) in [5.74, 6) is -1.62. The van der Waals surface area contributed by atoms with Crippen LogP contribution >= 0.6 is 0 Å². The van der Waals surface area contributed by atoms with Gasteiger partial charge in [0.2, 0.25) is 0 Å². The summed E-state index contributed by atoms with van der Waals surface area (Å²) in [7, 11) is 3.99. The molecule has 4 nitrogen and oxygen atoms in total. The lowest BCUT2D eigenvalue weighted by Crippen LogP contribution is -2.34. The van der Waals surface area contributed by atoms with Crippen molar-refractivity contribution in [1.82, 2.24) is 0 Å². The third-order valence-corrected chi connectivity index (χ3v) is 5.27. The maximum absolute atomic E-state index is 12.9. The predicted octanol–water partition coefficient (Wildman–Crippen LogP) is 4.38. The molecule has 0 bridgehead atoms. The van der Waals surface area contributed by atoms with E-state index in [4.69, 9.17) is 4.74 Å². The molecule has 0 fully saturated rings. The number of anilines is 1. The molecule has 0 aromatic heterocycles. The van der Waals surface area contributed by atoms with Gasteiger partial charge in [0.15, 0.2) is 5.78 Å². The number of nitrogens with zero attached hydrogens (tertiary/aromatic N) is 1. The highest BCUT2D eigenvalue weighted by Crippen LogP contribution is 2.40. The molecule has 3 rings (SSSR count). The smallest absolute Gasteiger partial charge is 0.317 e. The Labute approximate surface area is 166 Å². The van der Waals surface area contributed by atoms with Gasteiger partial charge < -0.3 is 9.64 Å². The molecule has 0 heterocycles. The van der Waals surface area contributed by atoms with E-state index in [1.165, 1.54) is 0 Å². The van der Waals surface area contributed by atoms with Gasteiger partial charge in [-0.2, -0.15) is 0 Å². The molecule has 2 aromatic rings. The van der Waals surface area contributed by atoms with Crippen LogP contribution in [-0.2, 0) is 14.3 Å². The lowest BCUT2D eigenvalue weighted by molar-refractivity contribution is -0.151. The lowest BCUT2D eigenvalue weighted by atomic mass is 9.73. The van der Waals surface area contributed by atoms with E-state index in [0.717, 1.165) is 28.0 Å². The Morgan fingerprint density at radius 3 is 2.29 bits per heavy atom. The third-order valence-electron chi connectivity index (χ3n) is 5.27. The molecule has 0 amide bonds. The molecule has 28 heavy (non-hydrogen) atoms. The van der Waals surface area contributed by atoms with Gasteiger partial charge in [-0.25, -0.2) is 0 Å². The number of ether oxygens (including phenoxy) is 1. The topological polar surface area (TPSA) is 46.6 Å². The number of allylic oxidation sites excluding steroid dienone is 2. The van der Waals surface area contributed by atoms with Crippen molar-refractivity contribution in [3.63, 3.8) is 0 Å². The molecule has 1 aliphatic rings. The minimum atomic E-state index is -0.785. The zero-order valence-corrected chi connectivity index (χ0v) is 16.9. The van der Waals surface area contributed by atoms with Crippen LogP contribution in [0.15, 0.2) is 54.6 Å². The minimum Gasteiger partial charge on any atom is -0.465 e. The maximum Gasteiger partial charge on any atom is 0.317 e. The van der Waals surface area contributed by atoms with Gasteiger partial charge in [-0.3, -0.25) is 9.59 Å². The summed E-state index contributed by atoms with van der Waals surface area (Å²) in [4.78, 5) is 27.5. The average molecular weight is 377 g/mol. The van der Waals surface area contributed by atoms with E-state index in [0.29, 0.717) is 6.42 Å². The summed E-state index contributed by atoms with van der Waals surface area (Å²) in [6.45, 7) is 4.06. The highest BCUT2D eigenvalue weighted by molar-refractivity contribution is 6.10. The summed E-state index contributed by atoms with van der Waals surface area (Å²) in [6.07, 6.45) is 2.25. The number of ketones is 1. The Morgan fingerprint density at radius 2 is 1.71 bits per heavy atom. The second-order valence-corrected chi connectivity index (χ2v) is 7.46. The van der Waals surface area contributed by atoms with E-state index in [1.807, 2.05) is 74.4 Å². The summed E-state index contributed by atoms with van der Waals surface area (Å²) < 4.78 is 5.22. The number of hydrogen-bond acceptors (Lipinski definition) is 4. The van der Waals surface area contributed by atoms with Gasteiger partial charge in [0, 0.05) is 25.7 Å². The van der Waals surface area contributed by atoms with Crippen LogP contribution in [0.25, 0.3) is 5.57 Å². The molecule has 2 aromatic carbocycles. The Balaban J connectivity index is 1.98. The largest absolute Gasteiger partial charge is 0.465 e. The zero-order chi connectivity index (χ0) is 20.3. The SMILES string of the molecule is CCOC(=O)[C@@H]1C(=O)C=C(c2ccc(N(C)C)cc2)C[C@H]1c1ccc(C)cc1. The molecule has 0 spiro atoms. The Kier molecular flexibility index (Phi) is 5.98. The van der Waals surface area contributed by atoms with E-state index >= 15 is 0 Å². The molecule has 0 radical (unpaired) electrons. The first kappa shape index (κ1) is 19.9. The molecule has 0 aliphatic heterocycles. The van der Waals surface area contributed by atoms with Crippen molar-refractivity contribution < 1.29 is 14.3 Å². The fraction of sp³-hybridized carbons (Fsp3) is 0.333. The second-order valence-electron chi connectivity index (χ2n) is 7.46. The Morgan fingerprint density at radius 1 is 1.07 bits per heavy atom. The van der Waals surface area contributed by atoms with Gasteiger partial charge in [0.25, 0.3) is 0 Å². The lowest BCUT2D eigenvalue weighted by Gasteiger charge is -2.29. The zero-order valence-electron chi connectivity index (χ0n) is 16.9. The fourth-order valence-electron chi connectivity index (χ4n) is 3.68. The molecule has 4 heteroatoms. The second kappa shape index (κ2) is 8.42. The monoisotopic (exact) mass is 377 g/mol. The normalized spacial score (nSPS) is 19.1. The van der Waals surface area contributed by atoms with Crippen LogP contribution in [-0.4, -0.2) is 32.5 Å². The average Bonchev–Trinajstić information content (AvgIpc) is 2.68. The van der Waals surface area contributed by atoms with Crippen LogP contribution < -0.4 is 4.90 Å². The van der Waals surface area contributed by atoms with E-state index < -0.39 is 11.9 Å². The minimum absolute atomic E-state index is 0.179. The van der Waals surface area contributed by atoms with Crippen molar-refractivity contribution in [1.29, 1.82) is 0 Å². The van der Waals surface area contributed by atoms with Crippen LogP contribution in [0.1, 0.15) is 36.0 Å². The molecule has 0 saturated carbocycles. The summed E-state index contributed by atoms with van der Waals surface area (Å²) >= 11 is 0. The molecule has 0 saturated heterocycles. The summed E-state index contributed by atoms with van der Waals surface area (Å²) in [5, 5.41) is 0. The number of carbonyl (C=O) groups excluding carboxylic acids is 2. The van der Waals surface area contributed by atoms with Crippen LogP contribution in [0.2, 0.25) is 0 Å². The number of rotatable bonds is 5. The number of carbonyl (C=O) groups is 2. The Hall–Kier alpha value is -2.88. The van der Waals surface area contributed by atoms with Crippen molar-refractivity contribution in [2.45, 2.75) is 26.2 Å². The molecule has 1 aliphatic carbocycles. The van der Waals surface area contributed by atoms with Gasteiger partial charge >= 0.3 is 5.97 Å². The van der Waals surface area contributed by atoms with Crippen molar-refractivity contribution in [3.05, 3.63) is 71.3 Å². The van der Waals surface area contributed by atoms with E-state index in [1.54, 1.807) is 13.0 Å². The van der Waals surface area contributed by atoms with Gasteiger partial charge in [-0.05, 0) is 55.2 Å². The molecule has 2 atom stereocenters. The summed E-state index contributed by atoms with van der Waals surface area (Å²) in [5.41, 5.74) is 5.21. The van der Waals surface area contributed by atoms with Crippen molar-refractivity contribution >= 4 is 23.0 Å². The van der Waals surface area contributed by atoms with E-state index in [2.05, 4.69) is 0 Å². The number of esters is 1. The molecule has 0 unspecified atom stereocenters. The highest BCUT2D eigenvalue weighted by atomic mass is 16.5. The number of benzene rings is 2. The van der Waals surface area contributed by atoms with Crippen LogP contribution in [0.3, 0.4) is 0 Å². The van der Waals surface area contributed by atoms with Gasteiger partial charge in [-0.1, -0.05) is 42.0 Å². The Bertz CT molecular complexity index is 879. The van der Waals surface area contributed by atoms with E-state index in [-0.39, 0.29) is 18.3 Å². The first-order valence-corrected chi connectivity index (χ1v) is 9.66. The molecule has 0 N–H and O–H groups in total. The standard InChI is InChI=1S/C24H27NO3/c1-5-28-24(27)23-21(18-8-6-16(2)7-9-18)14-19(15-22(23)26)17-10-12-20(13-11-17)25(3)4/h6-13,15,21,23H,5,14H2,1-4H3/t21-,23-/m0/s1. The molecule has 146 valence electrons. The quantitative estimate of drug-likeness (QED) is 0.573. The van der Waals surface area contributed by atoms with E-state index in [9.17, 15) is 9.59 Å². The third kappa shape index (κ3) is 4.16. The molecular weight excluding hydrogens is 350 g/mol. The number of hydrogen-bond donors (Lipinski definition) is 0. The predicted molar refractivity (Wildman–Crippen MR) is 112 cm³/mol. The van der Waals surface area contributed by atoms with Crippen molar-refractivity contribution in [2.24, 2.45) is 5.92 Å². The highest BCUT2D eigenvalue weighted by Gasteiger charge is 2.39. The van der Waals surface area contributed by atoms with Crippen LogP contribution in [0.4, 0.5) is 5.69 Å². The molecular formula is C24H27NO3. The fourth-order valence-corrected chi connectivity index (χ4v) is 3.68. The summed E-state index contributed by atoms with van der Waals surface area (Å²) in [6, 6.07) is 16.2. The first-order chi connectivity index (χ1) is 13.4. The van der Waals surface area contributed by atoms with Crippen molar-refractivity contribution in [2.75, 3.05) is 25.6 Å². The van der Waals surface area contributed by atoms with Crippen molar-refractivity contribution in [3.8, 4) is 0 Å². The van der Waals surface area contributed by atoms with Crippen LogP contribution in [0, 0.1) is 12.8 Å². The van der Waals surface area contributed by atoms with Gasteiger partial charge in [0.05, 0.1) is 6.61 Å². The van der Waals surface area contributed by atoms with Crippen LogP contribution in [0.5, 0.6) is 0 Å². The number of aryl methyl sites for hydroxylation is 1. The van der Waals surface area contributed by atoms with Gasteiger partial charge in [0.1, 0.15) is 5.92 Å². The maximum atomic E-state index is 12.9.